The van der Waals surface area contributed by atoms with E-state index in [4.69, 9.17) is 0 Å². The average Bonchev–Trinajstić information content (AvgIpc) is 3.44. The van der Waals surface area contributed by atoms with E-state index in [-0.39, 0.29) is 0 Å². The molecule has 7 nitrogen and oxygen atoms in total. The molecular formula is C26H21N7. The molecule has 0 spiro atoms. The average molecular weight is 432 g/mol. The third-order valence-electron chi connectivity index (χ3n) is 5.89. The van der Waals surface area contributed by atoms with Crippen LogP contribution in [0.25, 0.3) is 44.2 Å². The molecule has 0 amide bonds. The standard InChI is InChI=1S/C26H21N7/c1-32-10-6-18-11-17(3-4-25(18)32)22-12-20(13-23-26(22)29-9-8-28-23)31-24-15-27-7-5-21(24)19-14-30-33(2)16-19/h3-16,31H,1-2H3. The van der Waals surface area contributed by atoms with Crippen molar-refractivity contribution in [2.24, 2.45) is 14.1 Å². The number of pyridine rings is 1. The van der Waals surface area contributed by atoms with Gasteiger partial charge in [-0.15, -0.1) is 0 Å². The van der Waals surface area contributed by atoms with Gasteiger partial charge in [0, 0.05) is 78.4 Å². The van der Waals surface area contributed by atoms with Crippen LogP contribution in [0.15, 0.2) is 85.8 Å². The number of nitrogens with zero attached hydrogens (tertiary/aromatic N) is 6. The molecule has 0 bridgehead atoms. The first-order valence-electron chi connectivity index (χ1n) is 10.7. The van der Waals surface area contributed by atoms with Crippen molar-refractivity contribution in [2.45, 2.75) is 0 Å². The van der Waals surface area contributed by atoms with Crippen LogP contribution < -0.4 is 5.32 Å². The minimum atomic E-state index is 0.831. The fourth-order valence-corrected chi connectivity index (χ4v) is 4.28. The van der Waals surface area contributed by atoms with E-state index in [1.807, 2.05) is 37.8 Å². The Hall–Kier alpha value is -4.52. The van der Waals surface area contributed by atoms with Crippen LogP contribution in [0.4, 0.5) is 11.4 Å². The maximum absolute atomic E-state index is 4.64. The van der Waals surface area contributed by atoms with Crippen molar-refractivity contribution in [2.75, 3.05) is 5.32 Å². The highest BCUT2D eigenvalue weighted by Crippen LogP contribution is 2.35. The van der Waals surface area contributed by atoms with Gasteiger partial charge in [-0.05, 0) is 42.0 Å². The summed E-state index contributed by atoms with van der Waals surface area (Å²) in [4.78, 5) is 13.6. The predicted molar refractivity (Wildman–Crippen MR) is 131 cm³/mol. The van der Waals surface area contributed by atoms with E-state index in [1.165, 1.54) is 10.9 Å². The Morgan fingerprint density at radius 3 is 2.61 bits per heavy atom. The SMILES string of the molecule is Cn1cc(-c2ccncc2Nc2cc(-c3ccc4c(ccn4C)c3)c3nccnc3c2)cn1. The topological polar surface area (TPSA) is 73.5 Å². The second kappa shape index (κ2) is 7.56. The fourth-order valence-electron chi connectivity index (χ4n) is 4.28. The molecule has 0 saturated heterocycles. The Labute approximate surface area is 190 Å². The Kier molecular flexibility index (Phi) is 4.40. The lowest BCUT2D eigenvalue weighted by Crippen LogP contribution is -1.96. The first-order valence-corrected chi connectivity index (χ1v) is 10.7. The smallest absolute Gasteiger partial charge is 0.0966 e. The molecule has 6 rings (SSSR count). The summed E-state index contributed by atoms with van der Waals surface area (Å²) < 4.78 is 3.92. The molecular weight excluding hydrogens is 410 g/mol. The van der Waals surface area contributed by atoms with Crippen molar-refractivity contribution in [1.29, 1.82) is 0 Å². The lowest BCUT2D eigenvalue weighted by Gasteiger charge is -2.14. The summed E-state index contributed by atoms with van der Waals surface area (Å²) in [6.07, 6.45) is 13.0. The van der Waals surface area contributed by atoms with Crippen LogP contribution in [0.3, 0.4) is 0 Å². The van der Waals surface area contributed by atoms with E-state index in [9.17, 15) is 0 Å². The van der Waals surface area contributed by atoms with Gasteiger partial charge in [0.25, 0.3) is 0 Å². The lowest BCUT2D eigenvalue weighted by molar-refractivity contribution is 0.768. The molecule has 0 aliphatic carbocycles. The molecule has 4 heterocycles. The molecule has 0 fully saturated rings. The van der Waals surface area contributed by atoms with Gasteiger partial charge in [-0.3, -0.25) is 19.6 Å². The number of aromatic nitrogens is 6. The minimum Gasteiger partial charge on any atom is -0.354 e. The number of fused-ring (bicyclic) bond motifs is 2. The molecule has 0 unspecified atom stereocenters. The maximum atomic E-state index is 4.64. The Morgan fingerprint density at radius 2 is 1.73 bits per heavy atom. The van der Waals surface area contributed by atoms with E-state index in [0.29, 0.717) is 0 Å². The molecule has 0 aliphatic rings. The van der Waals surface area contributed by atoms with Gasteiger partial charge in [0.15, 0.2) is 0 Å². The summed E-state index contributed by atoms with van der Waals surface area (Å²) in [6.45, 7) is 0. The molecule has 4 aromatic heterocycles. The number of hydrogen-bond donors (Lipinski definition) is 1. The van der Waals surface area contributed by atoms with Gasteiger partial charge in [-0.2, -0.15) is 5.10 Å². The van der Waals surface area contributed by atoms with E-state index in [2.05, 4.69) is 73.5 Å². The van der Waals surface area contributed by atoms with Crippen LogP contribution in [0.5, 0.6) is 0 Å². The summed E-state index contributed by atoms with van der Waals surface area (Å²) >= 11 is 0. The fraction of sp³-hybridized carbons (Fsp3) is 0.0769. The number of hydrogen-bond acceptors (Lipinski definition) is 5. The zero-order valence-electron chi connectivity index (χ0n) is 18.3. The Bertz CT molecular complexity index is 1630. The van der Waals surface area contributed by atoms with Crippen molar-refractivity contribution in [3.8, 4) is 22.3 Å². The van der Waals surface area contributed by atoms with Crippen molar-refractivity contribution in [1.82, 2.24) is 29.3 Å². The second-order valence-corrected chi connectivity index (χ2v) is 8.10. The van der Waals surface area contributed by atoms with Gasteiger partial charge in [0.05, 0.1) is 29.1 Å². The summed E-state index contributed by atoms with van der Waals surface area (Å²) in [6, 6.07) is 14.8. The van der Waals surface area contributed by atoms with Gasteiger partial charge >= 0.3 is 0 Å². The summed E-state index contributed by atoms with van der Waals surface area (Å²) in [5, 5.41) is 9.05. The second-order valence-electron chi connectivity index (χ2n) is 8.10. The van der Waals surface area contributed by atoms with Gasteiger partial charge < -0.3 is 9.88 Å². The highest BCUT2D eigenvalue weighted by molar-refractivity contribution is 5.98. The molecule has 33 heavy (non-hydrogen) atoms. The number of benzene rings is 2. The van der Waals surface area contributed by atoms with Gasteiger partial charge in [-0.1, -0.05) is 6.07 Å². The monoisotopic (exact) mass is 431 g/mol. The van der Waals surface area contributed by atoms with Crippen molar-refractivity contribution >= 4 is 33.3 Å². The Balaban J connectivity index is 1.49. The zero-order valence-corrected chi connectivity index (χ0v) is 18.3. The molecule has 0 saturated carbocycles. The highest BCUT2D eigenvalue weighted by atomic mass is 15.2. The summed E-state index contributed by atoms with van der Waals surface area (Å²) in [5.74, 6) is 0. The van der Waals surface area contributed by atoms with Gasteiger partial charge in [-0.25, -0.2) is 0 Å². The molecule has 2 aromatic carbocycles. The third kappa shape index (κ3) is 3.40. The highest BCUT2D eigenvalue weighted by Gasteiger charge is 2.13. The first-order chi connectivity index (χ1) is 16.2. The largest absolute Gasteiger partial charge is 0.354 e. The lowest BCUT2D eigenvalue weighted by atomic mass is 10.0. The number of nitrogens with one attached hydrogen (secondary N) is 1. The van der Waals surface area contributed by atoms with E-state index in [0.717, 1.165) is 44.7 Å². The van der Waals surface area contributed by atoms with Crippen LogP contribution >= 0.6 is 0 Å². The van der Waals surface area contributed by atoms with Crippen molar-refractivity contribution in [3.05, 3.63) is 85.8 Å². The third-order valence-corrected chi connectivity index (χ3v) is 5.89. The van der Waals surface area contributed by atoms with Crippen LogP contribution in [0, 0.1) is 0 Å². The van der Waals surface area contributed by atoms with Crippen LogP contribution in [0.2, 0.25) is 0 Å². The molecule has 0 aliphatic heterocycles. The number of anilines is 2. The maximum Gasteiger partial charge on any atom is 0.0966 e. The normalized spacial score (nSPS) is 11.3. The van der Waals surface area contributed by atoms with Crippen LogP contribution in [-0.4, -0.2) is 29.3 Å². The van der Waals surface area contributed by atoms with Gasteiger partial charge in [0.1, 0.15) is 0 Å². The van der Waals surface area contributed by atoms with E-state index >= 15 is 0 Å². The number of rotatable bonds is 4. The van der Waals surface area contributed by atoms with Crippen molar-refractivity contribution in [3.63, 3.8) is 0 Å². The zero-order chi connectivity index (χ0) is 22.4. The molecule has 160 valence electrons. The molecule has 0 atom stereocenters. The van der Waals surface area contributed by atoms with Crippen molar-refractivity contribution < 1.29 is 0 Å². The minimum absolute atomic E-state index is 0.831. The van der Waals surface area contributed by atoms with E-state index < -0.39 is 0 Å². The Morgan fingerprint density at radius 1 is 0.818 bits per heavy atom. The summed E-state index contributed by atoms with van der Waals surface area (Å²) in [5.41, 5.74) is 8.90. The van der Waals surface area contributed by atoms with Crippen LogP contribution in [-0.2, 0) is 14.1 Å². The number of aryl methyl sites for hydroxylation is 2. The van der Waals surface area contributed by atoms with E-state index in [1.54, 1.807) is 23.3 Å². The predicted octanol–water partition coefficient (Wildman–Crippen LogP) is 5.33. The molecule has 0 radical (unpaired) electrons. The quantitative estimate of drug-likeness (QED) is 0.409. The molecule has 7 heteroatoms. The van der Waals surface area contributed by atoms with Crippen LogP contribution in [0.1, 0.15) is 0 Å². The molecule has 1 N–H and O–H groups in total. The van der Waals surface area contributed by atoms with Gasteiger partial charge in [0.2, 0.25) is 0 Å². The summed E-state index contributed by atoms with van der Waals surface area (Å²) in [7, 11) is 3.97. The first kappa shape index (κ1) is 19.2. The molecule has 6 aromatic rings.